The fourth-order valence-corrected chi connectivity index (χ4v) is 3.74. The first-order valence-corrected chi connectivity index (χ1v) is 7.77. The van der Waals surface area contributed by atoms with Crippen molar-refractivity contribution in [3.05, 3.63) is 6.33 Å². The Kier molecular flexibility index (Phi) is 6.03. The number of aliphatic hydroxyl groups is 1. The van der Waals surface area contributed by atoms with Crippen molar-refractivity contribution in [3.63, 3.8) is 0 Å². The van der Waals surface area contributed by atoms with Crippen LogP contribution in [0.15, 0.2) is 6.33 Å². The van der Waals surface area contributed by atoms with Gasteiger partial charge in [-0.05, 0) is 47.9 Å². The fourth-order valence-electron chi connectivity index (χ4n) is 3.74. The van der Waals surface area contributed by atoms with Crippen LogP contribution in [0.1, 0.15) is 32.1 Å². The van der Waals surface area contributed by atoms with Gasteiger partial charge in [-0.2, -0.15) is 0 Å². The van der Waals surface area contributed by atoms with Crippen LogP contribution in [0.3, 0.4) is 0 Å². The summed E-state index contributed by atoms with van der Waals surface area (Å²) in [5.74, 6) is 1.35. The molecule has 2 aliphatic rings. The number of tetrazole rings is 1. The molecule has 9 heteroatoms. The number of carboxylic acid groups (broad SMARTS) is 1. The van der Waals surface area contributed by atoms with Gasteiger partial charge >= 0.3 is 0 Å². The minimum absolute atomic E-state index is 0.119. The van der Waals surface area contributed by atoms with Crippen molar-refractivity contribution in [2.24, 2.45) is 11.8 Å². The zero-order chi connectivity index (χ0) is 16.8. The minimum atomic E-state index is -0.250. The number of hydrogen-bond acceptors (Lipinski definition) is 6. The van der Waals surface area contributed by atoms with Gasteiger partial charge in [0.05, 0.1) is 12.6 Å². The van der Waals surface area contributed by atoms with Crippen LogP contribution in [0, 0.1) is 11.8 Å². The first kappa shape index (κ1) is 17.3. The Hall–Kier alpha value is -2.03. The van der Waals surface area contributed by atoms with Crippen molar-refractivity contribution in [3.8, 4) is 0 Å². The zero-order valence-electron chi connectivity index (χ0n) is 13.2. The maximum atomic E-state index is 12.2. The number of rotatable bonds is 4. The van der Waals surface area contributed by atoms with Crippen LogP contribution < -0.4 is 0 Å². The van der Waals surface area contributed by atoms with E-state index in [1.54, 1.807) is 4.68 Å². The summed E-state index contributed by atoms with van der Waals surface area (Å²) >= 11 is 0. The van der Waals surface area contributed by atoms with E-state index in [9.17, 15) is 9.90 Å². The number of carbonyl (C=O) groups is 2. The molecule has 0 spiro atoms. The van der Waals surface area contributed by atoms with E-state index in [1.165, 1.54) is 6.33 Å². The number of carbonyl (C=O) groups excluding carboxylic acids is 1. The van der Waals surface area contributed by atoms with Gasteiger partial charge in [-0.15, -0.1) is 5.10 Å². The molecule has 2 unspecified atom stereocenters. The Balaban J connectivity index is 0.000000595. The first-order valence-electron chi connectivity index (χ1n) is 7.77. The van der Waals surface area contributed by atoms with Crippen LogP contribution in [0.2, 0.25) is 0 Å². The molecule has 128 valence electrons. The van der Waals surface area contributed by atoms with Crippen molar-refractivity contribution in [1.29, 1.82) is 0 Å². The number of aliphatic hydroxyl groups excluding tert-OH is 1. The quantitative estimate of drug-likeness (QED) is 0.733. The molecule has 23 heavy (non-hydrogen) atoms. The summed E-state index contributed by atoms with van der Waals surface area (Å²) in [4.78, 5) is 22.4. The fraction of sp³-hybridized carbons (Fsp3) is 0.786. The molecule has 0 radical (unpaired) electrons. The highest BCUT2D eigenvalue weighted by Crippen LogP contribution is 2.45. The lowest BCUT2D eigenvalue weighted by Gasteiger charge is -2.25. The minimum Gasteiger partial charge on any atom is -0.483 e. The van der Waals surface area contributed by atoms with Crippen LogP contribution in [0.4, 0.5) is 0 Å². The predicted octanol–water partition coefficient (Wildman–Crippen LogP) is -0.228. The highest BCUT2D eigenvalue weighted by molar-refractivity contribution is 5.76. The third-order valence-electron chi connectivity index (χ3n) is 4.85. The Morgan fingerprint density at radius 3 is 2.48 bits per heavy atom. The van der Waals surface area contributed by atoms with E-state index in [1.807, 2.05) is 11.9 Å². The van der Waals surface area contributed by atoms with Crippen molar-refractivity contribution in [1.82, 2.24) is 25.1 Å². The summed E-state index contributed by atoms with van der Waals surface area (Å²) in [6.07, 6.45) is 5.72. The summed E-state index contributed by atoms with van der Waals surface area (Å²) in [5, 5.41) is 27.4. The summed E-state index contributed by atoms with van der Waals surface area (Å²) in [7, 11) is 1.89. The van der Waals surface area contributed by atoms with Crippen LogP contribution in [-0.4, -0.2) is 66.9 Å². The van der Waals surface area contributed by atoms with E-state index in [-0.39, 0.29) is 18.5 Å². The van der Waals surface area contributed by atoms with Crippen molar-refractivity contribution in [2.75, 3.05) is 7.05 Å². The predicted molar refractivity (Wildman–Crippen MR) is 79.1 cm³/mol. The van der Waals surface area contributed by atoms with Gasteiger partial charge in [0.15, 0.2) is 0 Å². The molecule has 0 bridgehead atoms. The number of amides is 1. The molecule has 2 aliphatic carbocycles. The monoisotopic (exact) mass is 325 g/mol. The zero-order valence-corrected chi connectivity index (χ0v) is 13.2. The van der Waals surface area contributed by atoms with E-state index >= 15 is 0 Å². The second-order valence-electron chi connectivity index (χ2n) is 6.20. The van der Waals surface area contributed by atoms with E-state index < -0.39 is 0 Å². The van der Waals surface area contributed by atoms with Gasteiger partial charge in [0.1, 0.15) is 6.33 Å². The molecular formula is C14H23N5O4. The number of nitrogens with zero attached hydrogens (tertiary/aromatic N) is 5. The molecule has 0 aromatic carbocycles. The average molecular weight is 325 g/mol. The molecule has 1 amide bonds. The maximum absolute atomic E-state index is 12.2. The van der Waals surface area contributed by atoms with Crippen LogP contribution in [0.25, 0.3) is 0 Å². The van der Waals surface area contributed by atoms with E-state index in [0.717, 1.165) is 25.7 Å². The van der Waals surface area contributed by atoms with Crippen molar-refractivity contribution >= 4 is 12.4 Å². The second-order valence-corrected chi connectivity index (χ2v) is 6.20. The smallest absolute Gasteiger partial charge is 0.290 e. The number of aromatic nitrogens is 4. The van der Waals surface area contributed by atoms with Gasteiger partial charge < -0.3 is 15.1 Å². The van der Waals surface area contributed by atoms with Crippen LogP contribution in [-0.2, 0) is 16.1 Å². The molecule has 1 aromatic heterocycles. The number of aryl methyl sites for hydroxylation is 1. The van der Waals surface area contributed by atoms with Crippen molar-refractivity contribution < 1.29 is 19.8 Å². The molecular weight excluding hydrogens is 302 g/mol. The Bertz CT molecular complexity index is 495. The largest absolute Gasteiger partial charge is 0.483 e. The highest BCUT2D eigenvalue weighted by Gasteiger charge is 2.42. The second kappa shape index (κ2) is 8.00. The molecule has 4 atom stereocenters. The number of fused-ring (bicyclic) bond motifs is 1. The maximum Gasteiger partial charge on any atom is 0.290 e. The van der Waals surface area contributed by atoms with Gasteiger partial charge in [-0.25, -0.2) is 4.68 Å². The molecule has 2 N–H and O–H groups in total. The Labute approximate surface area is 134 Å². The Morgan fingerprint density at radius 1 is 1.35 bits per heavy atom. The molecule has 3 rings (SSSR count). The molecule has 2 fully saturated rings. The van der Waals surface area contributed by atoms with E-state index in [4.69, 9.17) is 9.90 Å². The average Bonchev–Trinajstić information content (AvgIpc) is 3.20. The molecule has 9 nitrogen and oxygen atoms in total. The van der Waals surface area contributed by atoms with Gasteiger partial charge in [0.2, 0.25) is 5.91 Å². The van der Waals surface area contributed by atoms with Crippen LogP contribution in [0.5, 0.6) is 0 Å². The standard InChI is InChI=1S/C13H21N5O2.CH2O2/c1-17(13(20)2-3-18-8-14-15-16-18)11-4-9-6-12(19)7-10(9)5-11;2-1-3/h8-12,19H,2-7H2,1H3;1H,(H,2,3)/t9-,10+,11?,12?;. The summed E-state index contributed by atoms with van der Waals surface area (Å²) in [5.41, 5.74) is 0. The topological polar surface area (TPSA) is 121 Å². The van der Waals surface area contributed by atoms with E-state index in [0.29, 0.717) is 30.8 Å². The number of hydrogen-bond donors (Lipinski definition) is 2. The lowest BCUT2D eigenvalue weighted by molar-refractivity contribution is -0.132. The summed E-state index contributed by atoms with van der Waals surface area (Å²) in [6.45, 7) is 0.272. The summed E-state index contributed by atoms with van der Waals surface area (Å²) < 4.78 is 1.57. The molecule has 2 saturated carbocycles. The first-order chi connectivity index (χ1) is 11.0. The van der Waals surface area contributed by atoms with Gasteiger partial charge in [0, 0.05) is 19.5 Å². The van der Waals surface area contributed by atoms with Gasteiger partial charge in [-0.1, -0.05) is 0 Å². The highest BCUT2D eigenvalue weighted by atomic mass is 16.3. The lowest BCUT2D eigenvalue weighted by Crippen LogP contribution is -2.36. The normalized spacial score (nSPS) is 28.6. The summed E-state index contributed by atoms with van der Waals surface area (Å²) in [6, 6.07) is 0.332. The SMILES string of the molecule is CN(C(=O)CCn1cnnn1)C1C[C@H]2CC(O)C[C@H]2C1.O=CO. The molecule has 0 aliphatic heterocycles. The van der Waals surface area contributed by atoms with Crippen molar-refractivity contribution in [2.45, 2.75) is 50.8 Å². The third kappa shape index (κ3) is 4.47. The van der Waals surface area contributed by atoms with Crippen LogP contribution >= 0.6 is 0 Å². The van der Waals surface area contributed by atoms with Gasteiger partial charge in [0.25, 0.3) is 6.47 Å². The van der Waals surface area contributed by atoms with E-state index in [2.05, 4.69) is 15.5 Å². The molecule has 1 aromatic rings. The third-order valence-corrected chi connectivity index (χ3v) is 4.85. The van der Waals surface area contributed by atoms with Gasteiger partial charge in [-0.3, -0.25) is 9.59 Å². The molecule has 1 heterocycles. The Morgan fingerprint density at radius 2 is 1.96 bits per heavy atom. The molecule has 0 saturated heterocycles. The lowest BCUT2D eigenvalue weighted by atomic mass is 10.0.